The van der Waals surface area contributed by atoms with Crippen molar-refractivity contribution in [1.29, 1.82) is 0 Å². The minimum atomic E-state index is 0.359. The molecule has 68 valence electrons. The molecule has 0 aromatic heterocycles. The van der Waals surface area contributed by atoms with Crippen LogP contribution < -0.4 is 0 Å². The molecule has 1 spiro atoms. The molecule has 2 saturated carbocycles. The Bertz CT molecular complexity index is 211. The maximum absolute atomic E-state index is 8.60. The number of hydrogen-bond donors (Lipinski definition) is 1. The van der Waals surface area contributed by atoms with Gasteiger partial charge >= 0.3 is 0 Å². The highest BCUT2D eigenvalue weighted by Crippen LogP contribution is 2.60. The van der Waals surface area contributed by atoms with Crippen LogP contribution >= 0.6 is 11.6 Å². The van der Waals surface area contributed by atoms with Crippen molar-refractivity contribution in [2.24, 2.45) is 16.5 Å². The van der Waals surface area contributed by atoms with Crippen molar-refractivity contribution >= 4 is 16.8 Å². The molecule has 1 N–H and O–H groups in total. The van der Waals surface area contributed by atoms with Gasteiger partial charge < -0.3 is 5.21 Å². The van der Waals surface area contributed by atoms with Crippen molar-refractivity contribution in [2.75, 3.05) is 0 Å². The van der Waals surface area contributed by atoms with Crippen LogP contribution in [0.25, 0.3) is 0 Å². The van der Waals surface area contributed by atoms with Crippen molar-refractivity contribution in [3.8, 4) is 0 Å². The van der Waals surface area contributed by atoms with Crippen LogP contribution in [0, 0.1) is 11.3 Å². The molecular weight excluding hydrogens is 174 g/mol. The molecular formula is C9H14ClNO. The quantitative estimate of drug-likeness (QED) is 0.382. The summed E-state index contributed by atoms with van der Waals surface area (Å²) in [6.45, 7) is 0. The fraction of sp³-hybridized carbons (Fsp3) is 0.889. The first-order chi connectivity index (χ1) is 5.78. The molecule has 2 rings (SSSR count). The van der Waals surface area contributed by atoms with Crippen molar-refractivity contribution < 1.29 is 5.21 Å². The summed E-state index contributed by atoms with van der Waals surface area (Å²) in [5, 5.41) is 12.2. The number of rotatable bonds is 1. The van der Waals surface area contributed by atoms with E-state index in [-0.39, 0.29) is 0 Å². The fourth-order valence-electron chi connectivity index (χ4n) is 2.51. The van der Waals surface area contributed by atoms with Crippen molar-refractivity contribution in [1.82, 2.24) is 0 Å². The predicted octanol–water partition coefficient (Wildman–Crippen LogP) is 2.98. The molecule has 0 aromatic rings. The lowest BCUT2D eigenvalue weighted by molar-refractivity contribution is 0.264. The standard InChI is InChI=1S/C9H14ClNO/c10-8(11-12)7-3-1-2-4-9(7)5-6-9/h7,12H,1-6H2/b11-8-. The molecule has 2 aliphatic rings. The van der Waals surface area contributed by atoms with E-state index < -0.39 is 0 Å². The lowest BCUT2D eigenvalue weighted by atomic mass is 9.77. The van der Waals surface area contributed by atoms with Gasteiger partial charge in [0, 0.05) is 5.92 Å². The minimum Gasteiger partial charge on any atom is -0.410 e. The SMILES string of the molecule is O/N=C(\Cl)C1CCCCC12CC2. The average Bonchev–Trinajstić information content (AvgIpc) is 2.85. The van der Waals surface area contributed by atoms with Crippen LogP contribution in [0.3, 0.4) is 0 Å². The average molecular weight is 188 g/mol. The summed E-state index contributed by atoms with van der Waals surface area (Å²) in [7, 11) is 0. The molecule has 2 aliphatic carbocycles. The van der Waals surface area contributed by atoms with E-state index in [4.69, 9.17) is 16.8 Å². The number of hydrogen-bond acceptors (Lipinski definition) is 2. The monoisotopic (exact) mass is 187 g/mol. The Labute approximate surface area is 77.6 Å². The molecule has 0 aliphatic heterocycles. The van der Waals surface area contributed by atoms with Crippen molar-refractivity contribution in [3.63, 3.8) is 0 Å². The minimum absolute atomic E-state index is 0.359. The summed E-state index contributed by atoms with van der Waals surface area (Å²) in [4.78, 5) is 0. The Morgan fingerprint density at radius 3 is 2.67 bits per heavy atom. The van der Waals surface area contributed by atoms with E-state index in [1.54, 1.807) is 0 Å². The van der Waals surface area contributed by atoms with Crippen LogP contribution in [0.1, 0.15) is 38.5 Å². The molecule has 0 saturated heterocycles. The molecule has 0 aromatic carbocycles. The second kappa shape index (κ2) is 2.91. The third kappa shape index (κ3) is 1.22. The number of nitrogens with zero attached hydrogens (tertiary/aromatic N) is 1. The van der Waals surface area contributed by atoms with Crippen LogP contribution in [0.5, 0.6) is 0 Å². The van der Waals surface area contributed by atoms with E-state index in [2.05, 4.69) is 5.16 Å². The topological polar surface area (TPSA) is 32.6 Å². The second-order valence-electron chi connectivity index (χ2n) is 4.08. The summed E-state index contributed by atoms with van der Waals surface area (Å²) in [5.74, 6) is 0.359. The molecule has 0 radical (unpaired) electrons. The molecule has 0 heterocycles. The van der Waals surface area contributed by atoms with Crippen LogP contribution in [-0.4, -0.2) is 10.4 Å². The van der Waals surface area contributed by atoms with Crippen LogP contribution in [0.15, 0.2) is 5.16 Å². The van der Waals surface area contributed by atoms with E-state index in [1.165, 1.54) is 32.1 Å². The Balaban J connectivity index is 2.11. The summed E-state index contributed by atoms with van der Waals surface area (Å²) >= 11 is 5.87. The molecule has 1 unspecified atom stereocenters. The maximum atomic E-state index is 8.60. The van der Waals surface area contributed by atoms with Gasteiger partial charge in [0.2, 0.25) is 0 Å². The smallest absolute Gasteiger partial charge is 0.148 e. The largest absolute Gasteiger partial charge is 0.410 e. The van der Waals surface area contributed by atoms with Crippen LogP contribution in [0.2, 0.25) is 0 Å². The van der Waals surface area contributed by atoms with E-state index in [0.717, 1.165) is 6.42 Å². The summed E-state index contributed by atoms with van der Waals surface area (Å²) in [6.07, 6.45) is 7.52. The van der Waals surface area contributed by atoms with E-state index in [1.807, 2.05) is 0 Å². The Morgan fingerprint density at radius 1 is 1.33 bits per heavy atom. The normalized spacial score (nSPS) is 33.8. The van der Waals surface area contributed by atoms with E-state index in [0.29, 0.717) is 16.5 Å². The zero-order chi connectivity index (χ0) is 8.60. The van der Waals surface area contributed by atoms with Gasteiger partial charge in [0.05, 0.1) is 0 Å². The third-order valence-electron chi connectivity index (χ3n) is 3.43. The molecule has 12 heavy (non-hydrogen) atoms. The molecule has 0 amide bonds. The molecule has 3 heteroatoms. The first-order valence-electron chi connectivity index (χ1n) is 4.66. The van der Waals surface area contributed by atoms with Gasteiger partial charge in [-0.25, -0.2) is 0 Å². The van der Waals surface area contributed by atoms with Crippen molar-refractivity contribution in [3.05, 3.63) is 0 Å². The number of halogens is 1. The summed E-state index contributed by atoms with van der Waals surface area (Å²) < 4.78 is 0. The van der Waals surface area contributed by atoms with Gasteiger partial charge in [0.1, 0.15) is 5.17 Å². The van der Waals surface area contributed by atoms with Gasteiger partial charge in [0.25, 0.3) is 0 Å². The highest BCUT2D eigenvalue weighted by Gasteiger charge is 2.51. The predicted molar refractivity (Wildman–Crippen MR) is 48.7 cm³/mol. The molecule has 2 nitrogen and oxygen atoms in total. The van der Waals surface area contributed by atoms with E-state index in [9.17, 15) is 0 Å². The Kier molecular flexibility index (Phi) is 2.03. The first-order valence-corrected chi connectivity index (χ1v) is 5.04. The number of oxime groups is 1. The van der Waals surface area contributed by atoms with Gasteiger partial charge in [-0.2, -0.15) is 0 Å². The molecule has 0 bridgehead atoms. The fourth-order valence-corrected chi connectivity index (χ4v) is 2.85. The highest BCUT2D eigenvalue weighted by atomic mass is 35.5. The van der Waals surface area contributed by atoms with Crippen molar-refractivity contribution in [2.45, 2.75) is 38.5 Å². The van der Waals surface area contributed by atoms with Gasteiger partial charge in [-0.1, -0.05) is 29.6 Å². The van der Waals surface area contributed by atoms with Gasteiger partial charge in [0.15, 0.2) is 0 Å². The van der Waals surface area contributed by atoms with Crippen LogP contribution in [-0.2, 0) is 0 Å². The summed E-state index contributed by atoms with van der Waals surface area (Å²) in [5.41, 5.74) is 0.446. The first kappa shape index (κ1) is 8.36. The van der Waals surface area contributed by atoms with Gasteiger partial charge in [-0.15, -0.1) is 0 Å². The lowest BCUT2D eigenvalue weighted by Crippen LogP contribution is -2.25. The van der Waals surface area contributed by atoms with Gasteiger partial charge in [-0.3, -0.25) is 0 Å². The Hall–Kier alpha value is -0.240. The zero-order valence-corrected chi connectivity index (χ0v) is 7.85. The Morgan fingerprint density at radius 2 is 2.08 bits per heavy atom. The highest BCUT2D eigenvalue weighted by molar-refractivity contribution is 6.65. The van der Waals surface area contributed by atoms with Gasteiger partial charge in [-0.05, 0) is 31.1 Å². The third-order valence-corrected chi connectivity index (χ3v) is 3.77. The van der Waals surface area contributed by atoms with E-state index >= 15 is 0 Å². The summed E-state index contributed by atoms with van der Waals surface area (Å²) in [6, 6.07) is 0. The van der Waals surface area contributed by atoms with Crippen LogP contribution in [0.4, 0.5) is 0 Å². The second-order valence-corrected chi connectivity index (χ2v) is 4.47. The zero-order valence-electron chi connectivity index (χ0n) is 7.09. The lowest BCUT2D eigenvalue weighted by Gasteiger charge is -2.29. The molecule has 2 fully saturated rings. The molecule has 1 atom stereocenters. The maximum Gasteiger partial charge on any atom is 0.148 e.